The number of methoxy groups -OCH3 is 1. The normalized spacial score (nSPS) is 14.9. The molecule has 1 aliphatic carbocycles. The van der Waals surface area contributed by atoms with Crippen molar-refractivity contribution >= 4 is 11.0 Å². The molecular formula is C15H18O2. The van der Waals surface area contributed by atoms with Gasteiger partial charge in [-0.2, -0.15) is 0 Å². The zero-order chi connectivity index (χ0) is 11.8. The van der Waals surface area contributed by atoms with Crippen LogP contribution >= 0.6 is 0 Å². The molecule has 0 bridgehead atoms. The van der Waals surface area contributed by atoms with Crippen LogP contribution in [0.3, 0.4) is 0 Å². The average molecular weight is 230 g/mol. The molecule has 0 unspecified atom stereocenters. The predicted molar refractivity (Wildman–Crippen MR) is 68.8 cm³/mol. The standard InChI is InChI=1S/C15H18O2/c1-3-12-10-6-4-5-7-11-13(16-2)8-9-14(17-12)15(10)11/h8-9H,3-7H2,1-2H3. The molecule has 0 radical (unpaired) electrons. The second-order valence-electron chi connectivity index (χ2n) is 4.68. The van der Waals surface area contributed by atoms with Crippen LogP contribution in [0.5, 0.6) is 5.75 Å². The lowest BCUT2D eigenvalue weighted by Crippen LogP contribution is -1.92. The number of hydrogen-bond donors (Lipinski definition) is 0. The number of rotatable bonds is 2. The fourth-order valence-corrected chi connectivity index (χ4v) is 2.95. The Morgan fingerprint density at radius 3 is 2.65 bits per heavy atom. The molecule has 0 N–H and O–H groups in total. The number of ether oxygens (including phenoxy) is 1. The van der Waals surface area contributed by atoms with Crippen LogP contribution in [0.25, 0.3) is 11.0 Å². The van der Waals surface area contributed by atoms with E-state index in [1.165, 1.54) is 29.4 Å². The van der Waals surface area contributed by atoms with Crippen molar-refractivity contribution in [2.75, 3.05) is 7.11 Å². The molecule has 0 spiro atoms. The minimum atomic E-state index is 0.978. The van der Waals surface area contributed by atoms with Crippen molar-refractivity contribution in [3.63, 3.8) is 0 Å². The van der Waals surface area contributed by atoms with Crippen molar-refractivity contribution in [3.05, 3.63) is 29.0 Å². The van der Waals surface area contributed by atoms with E-state index in [4.69, 9.17) is 9.15 Å². The monoisotopic (exact) mass is 230 g/mol. The van der Waals surface area contributed by atoms with E-state index in [9.17, 15) is 0 Å². The van der Waals surface area contributed by atoms with Crippen LogP contribution in [0.15, 0.2) is 16.5 Å². The van der Waals surface area contributed by atoms with Crippen molar-refractivity contribution in [1.82, 2.24) is 0 Å². The number of furan rings is 1. The molecule has 1 heterocycles. The molecule has 0 aliphatic heterocycles. The summed E-state index contributed by atoms with van der Waals surface area (Å²) in [6, 6.07) is 4.08. The van der Waals surface area contributed by atoms with Gasteiger partial charge >= 0.3 is 0 Å². The maximum absolute atomic E-state index is 5.96. The van der Waals surface area contributed by atoms with Gasteiger partial charge in [-0.1, -0.05) is 6.92 Å². The van der Waals surface area contributed by atoms with Gasteiger partial charge in [-0.05, 0) is 37.8 Å². The number of benzene rings is 1. The summed E-state index contributed by atoms with van der Waals surface area (Å²) in [4.78, 5) is 0. The van der Waals surface area contributed by atoms with Crippen LogP contribution in [0.1, 0.15) is 36.7 Å². The van der Waals surface area contributed by atoms with Crippen LogP contribution in [-0.4, -0.2) is 7.11 Å². The zero-order valence-electron chi connectivity index (χ0n) is 10.5. The summed E-state index contributed by atoms with van der Waals surface area (Å²) in [6.07, 6.45) is 5.73. The van der Waals surface area contributed by atoms with E-state index in [1.54, 1.807) is 7.11 Å². The van der Waals surface area contributed by atoms with Crippen LogP contribution < -0.4 is 4.74 Å². The Hall–Kier alpha value is -1.44. The van der Waals surface area contributed by atoms with E-state index in [-0.39, 0.29) is 0 Å². The average Bonchev–Trinajstić information content (AvgIpc) is 2.56. The van der Waals surface area contributed by atoms with Gasteiger partial charge in [0.2, 0.25) is 0 Å². The Morgan fingerprint density at radius 1 is 1.18 bits per heavy atom. The minimum Gasteiger partial charge on any atom is -0.496 e. The zero-order valence-corrected chi connectivity index (χ0v) is 10.5. The fraction of sp³-hybridized carbons (Fsp3) is 0.467. The van der Waals surface area contributed by atoms with E-state index in [2.05, 4.69) is 6.92 Å². The third-order valence-electron chi connectivity index (χ3n) is 3.75. The molecule has 0 saturated carbocycles. The second kappa shape index (κ2) is 4.10. The topological polar surface area (TPSA) is 22.4 Å². The molecule has 3 rings (SSSR count). The van der Waals surface area contributed by atoms with Crippen molar-refractivity contribution in [2.45, 2.75) is 39.0 Å². The molecule has 1 aliphatic rings. The van der Waals surface area contributed by atoms with Crippen molar-refractivity contribution < 1.29 is 9.15 Å². The lowest BCUT2D eigenvalue weighted by atomic mass is 10.0. The Bertz CT molecular complexity index is 550. The second-order valence-corrected chi connectivity index (χ2v) is 4.68. The Balaban J connectivity index is 2.35. The first-order valence-corrected chi connectivity index (χ1v) is 6.45. The van der Waals surface area contributed by atoms with Gasteiger partial charge in [0, 0.05) is 22.9 Å². The van der Waals surface area contributed by atoms with Gasteiger partial charge in [0.25, 0.3) is 0 Å². The molecular weight excluding hydrogens is 212 g/mol. The van der Waals surface area contributed by atoms with Crippen LogP contribution in [-0.2, 0) is 19.3 Å². The van der Waals surface area contributed by atoms with Crippen LogP contribution in [0.2, 0.25) is 0 Å². The Morgan fingerprint density at radius 2 is 1.94 bits per heavy atom. The van der Waals surface area contributed by atoms with Crippen molar-refractivity contribution in [3.8, 4) is 5.75 Å². The van der Waals surface area contributed by atoms with Crippen LogP contribution in [0, 0.1) is 0 Å². The molecule has 0 atom stereocenters. The third kappa shape index (κ3) is 1.54. The van der Waals surface area contributed by atoms with Gasteiger partial charge in [-0.15, -0.1) is 0 Å². The lowest BCUT2D eigenvalue weighted by molar-refractivity contribution is 0.410. The van der Waals surface area contributed by atoms with Crippen LogP contribution in [0.4, 0.5) is 0 Å². The maximum Gasteiger partial charge on any atom is 0.135 e. The Labute approximate surface area is 102 Å². The molecule has 0 amide bonds. The van der Waals surface area contributed by atoms with Gasteiger partial charge < -0.3 is 9.15 Å². The number of aryl methyl sites for hydroxylation is 3. The SMILES string of the molecule is CCc1oc2ccc(OC)c3c2c1CCCC3. The third-order valence-corrected chi connectivity index (χ3v) is 3.75. The molecule has 17 heavy (non-hydrogen) atoms. The van der Waals surface area contributed by atoms with Gasteiger partial charge in [0.05, 0.1) is 7.11 Å². The van der Waals surface area contributed by atoms with Gasteiger partial charge in [0.15, 0.2) is 0 Å². The summed E-state index contributed by atoms with van der Waals surface area (Å²) in [7, 11) is 1.75. The molecule has 2 nitrogen and oxygen atoms in total. The molecule has 90 valence electrons. The van der Waals surface area contributed by atoms with E-state index < -0.39 is 0 Å². The lowest BCUT2D eigenvalue weighted by Gasteiger charge is -2.07. The highest BCUT2D eigenvalue weighted by Crippen LogP contribution is 2.38. The van der Waals surface area contributed by atoms with E-state index >= 15 is 0 Å². The molecule has 1 aromatic carbocycles. The summed E-state index contributed by atoms with van der Waals surface area (Å²) >= 11 is 0. The van der Waals surface area contributed by atoms with E-state index in [0.29, 0.717) is 0 Å². The maximum atomic E-state index is 5.96. The molecule has 2 aromatic rings. The van der Waals surface area contributed by atoms with Gasteiger partial charge in [0.1, 0.15) is 17.1 Å². The van der Waals surface area contributed by atoms with E-state index in [0.717, 1.165) is 36.4 Å². The highest BCUT2D eigenvalue weighted by atomic mass is 16.5. The first-order chi connectivity index (χ1) is 8.35. The van der Waals surface area contributed by atoms with Crippen molar-refractivity contribution in [1.29, 1.82) is 0 Å². The first kappa shape index (κ1) is 10.7. The fourth-order valence-electron chi connectivity index (χ4n) is 2.95. The van der Waals surface area contributed by atoms with E-state index in [1.807, 2.05) is 12.1 Å². The number of hydrogen-bond acceptors (Lipinski definition) is 2. The molecule has 0 fully saturated rings. The quantitative estimate of drug-likeness (QED) is 0.781. The predicted octanol–water partition coefficient (Wildman–Crippen LogP) is 3.88. The molecule has 1 aromatic heterocycles. The summed E-state index contributed by atoms with van der Waals surface area (Å²) in [5, 5.41) is 1.33. The largest absolute Gasteiger partial charge is 0.496 e. The Kier molecular flexibility index (Phi) is 2.58. The first-order valence-electron chi connectivity index (χ1n) is 6.45. The summed E-state index contributed by atoms with van der Waals surface area (Å²) in [6.45, 7) is 2.16. The molecule has 0 saturated heterocycles. The summed E-state index contributed by atoms with van der Waals surface area (Å²) in [5.41, 5.74) is 3.81. The summed E-state index contributed by atoms with van der Waals surface area (Å²) in [5.74, 6) is 2.18. The van der Waals surface area contributed by atoms with Gasteiger partial charge in [-0.25, -0.2) is 0 Å². The summed E-state index contributed by atoms with van der Waals surface area (Å²) < 4.78 is 11.4. The van der Waals surface area contributed by atoms with Crippen molar-refractivity contribution in [2.24, 2.45) is 0 Å². The molecule has 2 heteroatoms. The van der Waals surface area contributed by atoms with Gasteiger partial charge in [-0.3, -0.25) is 0 Å². The smallest absolute Gasteiger partial charge is 0.135 e. The minimum absolute atomic E-state index is 0.978. The highest BCUT2D eigenvalue weighted by molar-refractivity contribution is 5.88. The highest BCUT2D eigenvalue weighted by Gasteiger charge is 2.21.